The third kappa shape index (κ3) is 3.79. The third-order valence-electron chi connectivity index (χ3n) is 1.77. The van der Waals surface area contributed by atoms with Crippen molar-refractivity contribution in [2.45, 2.75) is 18.7 Å². The molecule has 0 unspecified atom stereocenters. The molecule has 0 bridgehead atoms. The van der Waals surface area contributed by atoms with Crippen LogP contribution in [0.3, 0.4) is 0 Å². The number of hydrogen-bond acceptors (Lipinski definition) is 4. The Kier molecular flexibility index (Phi) is 5.28. The van der Waals surface area contributed by atoms with E-state index in [1.165, 1.54) is 7.11 Å². The summed E-state index contributed by atoms with van der Waals surface area (Å²) in [5.41, 5.74) is 0.386. The molecule has 0 fully saturated rings. The second-order valence-electron chi connectivity index (χ2n) is 3.70. The summed E-state index contributed by atoms with van der Waals surface area (Å²) in [4.78, 5) is 16.4. The maximum atomic E-state index is 11.5. The lowest BCUT2D eigenvalue weighted by atomic mass is 10.3. The van der Waals surface area contributed by atoms with E-state index < -0.39 is 5.97 Å². The van der Waals surface area contributed by atoms with E-state index in [1.54, 1.807) is 18.0 Å². The lowest BCUT2D eigenvalue weighted by Gasteiger charge is -2.08. The number of pyridine rings is 1. The van der Waals surface area contributed by atoms with E-state index in [-0.39, 0.29) is 0 Å². The van der Waals surface area contributed by atoms with Crippen molar-refractivity contribution in [3.63, 3.8) is 0 Å². The van der Waals surface area contributed by atoms with Gasteiger partial charge in [0, 0.05) is 21.3 Å². The number of rotatable bonds is 4. The normalized spacial score (nSPS) is 10.6. The predicted molar refractivity (Wildman–Crippen MR) is 68.8 cm³/mol. The van der Waals surface area contributed by atoms with E-state index in [2.05, 4.69) is 34.8 Å². The van der Waals surface area contributed by atoms with Gasteiger partial charge in [0.15, 0.2) is 5.69 Å². The number of hydrogen-bond donors (Lipinski definition) is 0. The standard InChI is InChI=1S/C11H14BrNO2S/c1-7(2)6-16-9-4-8(12)5-13-10(9)11(14)15-3/h4-5,7H,6H2,1-3H3. The Morgan fingerprint density at radius 2 is 2.31 bits per heavy atom. The lowest BCUT2D eigenvalue weighted by Crippen LogP contribution is -2.06. The van der Waals surface area contributed by atoms with Crippen molar-refractivity contribution in [3.05, 3.63) is 22.4 Å². The molecule has 0 aromatic carbocycles. The smallest absolute Gasteiger partial charge is 0.357 e. The number of carbonyl (C=O) groups excluding carboxylic acids is 1. The molecule has 0 saturated heterocycles. The van der Waals surface area contributed by atoms with Crippen LogP contribution in [0.15, 0.2) is 21.6 Å². The van der Waals surface area contributed by atoms with Gasteiger partial charge in [-0.2, -0.15) is 0 Å². The molecule has 0 radical (unpaired) electrons. The number of ether oxygens (including phenoxy) is 1. The topological polar surface area (TPSA) is 39.2 Å². The Labute approximate surface area is 108 Å². The molecular weight excluding hydrogens is 290 g/mol. The number of thioether (sulfide) groups is 1. The minimum Gasteiger partial charge on any atom is -0.464 e. The Hall–Kier alpha value is -0.550. The molecule has 1 rings (SSSR count). The first-order valence-corrected chi connectivity index (χ1v) is 6.69. The van der Waals surface area contributed by atoms with Gasteiger partial charge in [-0.25, -0.2) is 9.78 Å². The van der Waals surface area contributed by atoms with Crippen molar-refractivity contribution < 1.29 is 9.53 Å². The van der Waals surface area contributed by atoms with Crippen LogP contribution in [0, 0.1) is 5.92 Å². The molecule has 0 N–H and O–H groups in total. The summed E-state index contributed by atoms with van der Waals surface area (Å²) in [6.07, 6.45) is 1.60. The molecule has 1 aromatic heterocycles. The summed E-state index contributed by atoms with van der Waals surface area (Å²) in [5, 5.41) is 0. The molecule has 0 aliphatic rings. The minimum absolute atomic E-state index is 0.386. The highest BCUT2D eigenvalue weighted by Crippen LogP contribution is 2.26. The van der Waals surface area contributed by atoms with Gasteiger partial charge in [0.1, 0.15) is 0 Å². The molecule has 0 aliphatic heterocycles. The fourth-order valence-electron chi connectivity index (χ4n) is 1.04. The van der Waals surface area contributed by atoms with Gasteiger partial charge >= 0.3 is 5.97 Å². The Balaban J connectivity index is 2.94. The molecule has 88 valence electrons. The average molecular weight is 304 g/mol. The van der Waals surface area contributed by atoms with Gasteiger partial charge < -0.3 is 4.74 Å². The van der Waals surface area contributed by atoms with Crippen LogP contribution in [0.5, 0.6) is 0 Å². The lowest BCUT2D eigenvalue weighted by molar-refractivity contribution is 0.0589. The van der Waals surface area contributed by atoms with Crippen LogP contribution in [-0.2, 0) is 4.74 Å². The number of nitrogens with zero attached hydrogens (tertiary/aromatic N) is 1. The summed E-state index contributed by atoms with van der Waals surface area (Å²) >= 11 is 4.97. The van der Waals surface area contributed by atoms with Crippen molar-refractivity contribution in [2.24, 2.45) is 5.92 Å². The van der Waals surface area contributed by atoms with E-state index >= 15 is 0 Å². The highest BCUT2D eigenvalue weighted by atomic mass is 79.9. The monoisotopic (exact) mass is 303 g/mol. The van der Waals surface area contributed by atoms with Gasteiger partial charge in [0.05, 0.1) is 7.11 Å². The van der Waals surface area contributed by atoms with Crippen LogP contribution in [0.4, 0.5) is 0 Å². The molecule has 0 aliphatic carbocycles. The summed E-state index contributed by atoms with van der Waals surface area (Å²) in [6, 6.07) is 1.90. The fourth-order valence-corrected chi connectivity index (χ4v) is 2.52. The molecule has 0 atom stereocenters. The zero-order valence-corrected chi connectivity index (χ0v) is 11.9. The molecule has 16 heavy (non-hydrogen) atoms. The van der Waals surface area contributed by atoms with Crippen molar-refractivity contribution in [1.82, 2.24) is 4.98 Å². The first kappa shape index (κ1) is 13.5. The van der Waals surface area contributed by atoms with Gasteiger partial charge in [-0.05, 0) is 27.9 Å². The van der Waals surface area contributed by atoms with E-state index in [1.807, 2.05) is 6.07 Å². The van der Waals surface area contributed by atoms with Gasteiger partial charge in [0.25, 0.3) is 0 Å². The molecule has 0 amide bonds. The highest BCUT2D eigenvalue weighted by molar-refractivity contribution is 9.10. The first-order valence-electron chi connectivity index (χ1n) is 4.91. The number of halogens is 1. The largest absolute Gasteiger partial charge is 0.464 e. The molecule has 5 heteroatoms. The molecule has 0 saturated carbocycles. The number of carbonyl (C=O) groups is 1. The summed E-state index contributed by atoms with van der Waals surface area (Å²) < 4.78 is 5.56. The van der Waals surface area contributed by atoms with Gasteiger partial charge in [-0.1, -0.05) is 13.8 Å². The predicted octanol–water partition coefficient (Wildman–Crippen LogP) is 3.38. The quantitative estimate of drug-likeness (QED) is 0.631. The van der Waals surface area contributed by atoms with E-state index in [0.717, 1.165) is 15.1 Å². The van der Waals surface area contributed by atoms with E-state index in [0.29, 0.717) is 11.6 Å². The zero-order valence-electron chi connectivity index (χ0n) is 9.49. The van der Waals surface area contributed by atoms with Crippen molar-refractivity contribution >= 4 is 33.7 Å². The van der Waals surface area contributed by atoms with Crippen LogP contribution in [-0.4, -0.2) is 23.8 Å². The summed E-state index contributed by atoms with van der Waals surface area (Å²) in [5.74, 6) is 1.12. The van der Waals surface area contributed by atoms with Crippen molar-refractivity contribution in [2.75, 3.05) is 12.9 Å². The van der Waals surface area contributed by atoms with Crippen LogP contribution >= 0.6 is 27.7 Å². The fraction of sp³-hybridized carbons (Fsp3) is 0.455. The van der Waals surface area contributed by atoms with Crippen LogP contribution < -0.4 is 0 Å². The Morgan fingerprint density at radius 1 is 1.62 bits per heavy atom. The molecule has 1 heterocycles. The highest BCUT2D eigenvalue weighted by Gasteiger charge is 2.14. The maximum Gasteiger partial charge on any atom is 0.357 e. The number of esters is 1. The van der Waals surface area contributed by atoms with Gasteiger partial charge in [-0.15, -0.1) is 11.8 Å². The van der Waals surface area contributed by atoms with Gasteiger partial charge in [-0.3, -0.25) is 0 Å². The number of aromatic nitrogens is 1. The Bertz CT molecular complexity index is 382. The SMILES string of the molecule is COC(=O)c1ncc(Br)cc1SCC(C)C. The van der Waals surface area contributed by atoms with Crippen molar-refractivity contribution in [1.29, 1.82) is 0 Å². The summed E-state index contributed by atoms with van der Waals surface area (Å²) in [6.45, 7) is 4.27. The van der Waals surface area contributed by atoms with Crippen LogP contribution in [0.2, 0.25) is 0 Å². The van der Waals surface area contributed by atoms with Crippen molar-refractivity contribution in [3.8, 4) is 0 Å². The van der Waals surface area contributed by atoms with Gasteiger partial charge in [0.2, 0.25) is 0 Å². The second-order valence-corrected chi connectivity index (χ2v) is 5.67. The first-order chi connectivity index (χ1) is 7.54. The summed E-state index contributed by atoms with van der Waals surface area (Å²) in [7, 11) is 1.36. The average Bonchev–Trinajstić information content (AvgIpc) is 2.25. The Morgan fingerprint density at radius 3 is 2.88 bits per heavy atom. The molecule has 3 nitrogen and oxygen atoms in total. The van der Waals surface area contributed by atoms with E-state index in [4.69, 9.17) is 4.74 Å². The molecular formula is C11H14BrNO2S. The maximum absolute atomic E-state index is 11.5. The molecule has 0 spiro atoms. The van der Waals surface area contributed by atoms with Crippen LogP contribution in [0.25, 0.3) is 0 Å². The zero-order chi connectivity index (χ0) is 12.1. The molecule has 1 aromatic rings. The van der Waals surface area contributed by atoms with E-state index in [9.17, 15) is 4.79 Å². The minimum atomic E-state index is -0.390. The second kappa shape index (κ2) is 6.25. The third-order valence-corrected chi connectivity index (χ3v) is 3.66. The number of methoxy groups -OCH3 is 1. The van der Waals surface area contributed by atoms with Crippen LogP contribution in [0.1, 0.15) is 24.3 Å².